The molecular formula is C12H14N4O2S2. The number of rotatable bonds is 6. The van der Waals surface area contributed by atoms with Gasteiger partial charge in [-0.3, -0.25) is 4.72 Å². The highest BCUT2D eigenvalue weighted by Crippen LogP contribution is 2.21. The number of sulfonamides is 1. The Morgan fingerprint density at radius 1 is 1.35 bits per heavy atom. The van der Waals surface area contributed by atoms with Crippen molar-refractivity contribution in [1.82, 2.24) is 15.5 Å². The summed E-state index contributed by atoms with van der Waals surface area (Å²) in [6.45, 7) is 0.687. The second kappa shape index (κ2) is 5.47. The minimum Gasteiger partial charge on any atom is -0.310 e. The van der Waals surface area contributed by atoms with Crippen LogP contribution < -0.4 is 10.0 Å². The number of anilines is 1. The summed E-state index contributed by atoms with van der Waals surface area (Å²) in [5.41, 5.74) is 2.44. The Balaban J connectivity index is 1.75. The summed E-state index contributed by atoms with van der Waals surface area (Å²) in [5.74, 6) is 0. The monoisotopic (exact) mass is 310 g/mol. The van der Waals surface area contributed by atoms with Gasteiger partial charge < -0.3 is 5.32 Å². The van der Waals surface area contributed by atoms with E-state index in [4.69, 9.17) is 0 Å². The van der Waals surface area contributed by atoms with Crippen LogP contribution in [0.25, 0.3) is 0 Å². The zero-order chi connectivity index (χ0) is 14.0. The quantitative estimate of drug-likeness (QED) is 0.846. The van der Waals surface area contributed by atoms with Crippen molar-refractivity contribution in [2.75, 3.05) is 4.72 Å². The van der Waals surface area contributed by atoms with Gasteiger partial charge in [0.05, 0.1) is 4.90 Å². The molecule has 0 unspecified atom stereocenters. The molecule has 1 aromatic heterocycles. The van der Waals surface area contributed by atoms with Crippen LogP contribution in [0.2, 0.25) is 0 Å². The molecule has 1 heterocycles. The van der Waals surface area contributed by atoms with E-state index in [0.717, 1.165) is 16.9 Å². The molecule has 3 rings (SSSR count). The van der Waals surface area contributed by atoms with E-state index >= 15 is 0 Å². The van der Waals surface area contributed by atoms with E-state index in [1.165, 1.54) is 18.4 Å². The Morgan fingerprint density at radius 2 is 2.20 bits per heavy atom. The maximum Gasteiger partial charge on any atom is 0.263 e. The molecule has 0 bridgehead atoms. The van der Waals surface area contributed by atoms with Gasteiger partial charge in [-0.15, -0.1) is 10.2 Å². The van der Waals surface area contributed by atoms with Gasteiger partial charge in [0.15, 0.2) is 0 Å². The predicted octanol–water partition coefficient (Wildman–Crippen LogP) is 1.59. The van der Waals surface area contributed by atoms with Crippen molar-refractivity contribution in [3.63, 3.8) is 0 Å². The van der Waals surface area contributed by atoms with E-state index in [2.05, 4.69) is 20.2 Å². The van der Waals surface area contributed by atoms with Gasteiger partial charge in [0.2, 0.25) is 5.13 Å². The van der Waals surface area contributed by atoms with Crippen LogP contribution in [0.5, 0.6) is 0 Å². The molecule has 0 saturated heterocycles. The fourth-order valence-corrected chi connectivity index (χ4v) is 3.53. The van der Waals surface area contributed by atoms with E-state index in [1.54, 1.807) is 18.2 Å². The lowest BCUT2D eigenvalue weighted by Gasteiger charge is -2.07. The zero-order valence-electron chi connectivity index (χ0n) is 10.6. The topological polar surface area (TPSA) is 84.0 Å². The van der Waals surface area contributed by atoms with Gasteiger partial charge in [0, 0.05) is 12.6 Å². The summed E-state index contributed by atoms with van der Waals surface area (Å²) >= 11 is 1.15. The maximum absolute atomic E-state index is 12.2. The molecule has 1 aliphatic carbocycles. The molecule has 1 fully saturated rings. The third-order valence-electron chi connectivity index (χ3n) is 2.96. The van der Waals surface area contributed by atoms with Crippen molar-refractivity contribution in [1.29, 1.82) is 0 Å². The standard InChI is InChI=1S/C12H14N4O2S2/c17-20(18,16-12-15-14-8-19-12)11-3-1-2-9(6-11)7-13-10-4-5-10/h1-3,6,8,10,13H,4-5,7H2,(H,15,16). The smallest absolute Gasteiger partial charge is 0.263 e. The second-order valence-corrected chi connectivity index (χ2v) is 7.17. The number of nitrogens with zero attached hydrogens (tertiary/aromatic N) is 2. The molecule has 0 aliphatic heterocycles. The Bertz CT molecular complexity index is 681. The molecule has 2 N–H and O–H groups in total. The molecule has 1 saturated carbocycles. The van der Waals surface area contributed by atoms with Gasteiger partial charge in [-0.05, 0) is 30.5 Å². The Kier molecular flexibility index (Phi) is 3.68. The van der Waals surface area contributed by atoms with Gasteiger partial charge in [-0.25, -0.2) is 8.42 Å². The van der Waals surface area contributed by atoms with Crippen LogP contribution >= 0.6 is 11.3 Å². The summed E-state index contributed by atoms with van der Waals surface area (Å²) in [6, 6.07) is 7.51. The molecule has 0 atom stereocenters. The van der Waals surface area contributed by atoms with Crippen molar-refractivity contribution in [3.05, 3.63) is 35.3 Å². The molecule has 20 heavy (non-hydrogen) atoms. The van der Waals surface area contributed by atoms with Crippen LogP contribution in [-0.4, -0.2) is 24.7 Å². The highest BCUT2D eigenvalue weighted by Gasteiger charge is 2.20. The molecule has 0 radical (unpaired) electrons. The van der Waals surface area contributed by atoms with E-state index in [-0.39, 0.29) is 10.0 Å². The number of benzene rings is 1. The van der Waals surface area contributed by atoms with E-state index in [0.29, 0.717) is 12.6 Å². The molecule has 1 aliphatic rings. The summed E-state index contributed by atoms with van der Waals surface area (Å²) in [5, 5.41) is 10.9. The summed E-state index contributed by atoms with van der Waals surface area (Å²) in [4.78, 5) is 0.239. The van der Waals surface area contributed by atoms with Crippen LogP contribution in [0.4, 0.5) is 5.13 Å². The molecule has 106 valence electrons. The third kappa shape index (κ3) is 3.33. The van der Waals surface area contributed by atoms with Crippen LogP contribution in [0.3, 0.4) is 0 Å². The second-order valence-electron chi connectivity index (χ2n) is 4.65. The molecule has 0 spiro atoms. The molecular weight excluding hydrogens is 296 g/mol. The van der Waals surface area contributed by atoms with E-state index < -0.39 is 10.0 Å². The molecule has 6 nitrogen and oxygen atoms in total. The minimum atomic E-state index is -3.60. The first-order valence-electron chi connectivity index (χ1n) is 6.25. The summed E-state index contributed by atoms with van der Waals surface area (Å²) in [7, 11) is -3.60. The van der Waals surface area contributed by atoms with Gasteiger partial charge in [-0.1, -0.05) is 23.5 Å². The molecule has 8 heteroatoms. The van der Waals surface area contributed by atoms with Crippen LogP contribution in [0.1, 0.15) is 18.4 Å². The number of hydrogen-bond donors (Lipinski definition) is 2. The lowest BCUT2D eigenvalue weighted by atomic mass is 10.2. The van der Waals surface area contributed by atoms with Gasteiger partial charge in [0.1, 0.15) is 5.51 Å². The Morgan fingerprint density at radius 3 is 2.90 bits per heavy atom. The van der Waals surface area contributed by atoms with Crippen molar-refractivity contribution in [2.24, 2.45) is 0 Å². The maximum atomic E-state index is 12.2. The average Bonchev–Trinajstić information content (AvgIpc) is 3.14. The minimum absolute atomic E-state index is 0.239. The van der Waals surface area contributed by atoms with Gasteiger partial charge >= 0.3 is 0 Å². The zero-order valence-corrected chi connectivity index (χ0v) is 12.2. The van der Waals surface area contributed by atoms with Crippen molar-refractivity contribution in [3.8, 4) is 0 Å². The first kappa shape index (κ1) is 13.5. The predicted molar refractivity (Wildman–Crippen MR) is 77.0 cm³/mol. The number of hydrogen-bond acceptors (Lipinski definition) is 6. The Hall–Kier alpha value is -1.51. The summed E-state index contributed by atoms with van der Waals surface area (Å²) < 4.78 is 26.8. The van der Waals surface area contributed by atoms with Crippen LogP contribution in [0, 0.1) is 0 Å². The fraction of sp³-hybridized carbons (Fsp3) is 0.333. The lowest BCUT2D eigenvalue weighted by Crippen LogP contribution is -2.16. The fourth-order valence-electron chi connectivity index (χ4n) is 1.76. The number of aromatic nitrogens is 2. The highest BCUT2D eigenvalue weighted by atomic mass is 32.2. The van der Waals surface area contributed by atoms with Crippen molar-refractivity contribution < 1.29 is 8.42 Å². The number of nitrogens with one attached hydrogen (secondary N) is 2. The molecule has 2 aromatic rings. The largest absolute Gasteiger partial charge is 0.310 e. The molecule has 1 aromatic carbocycles. The van der Waals surface area contributed by atoms with E-state index in [1.807, 2.05) is 6.07 Å². The SMILES string of the molecule is O=S(=O)(Nc1nncs1)c1cccc(CNC2CC2)c1. The van der Waals surface area contributed by atoms with Crippen LogP contribution in [0.15, 0.2) is 34.7 Å². The normalized spacial score (nSPS) is 15.2. The first-order chi connectivity index (χ1) is 9.63. The van der Waals surface area contributed by atoms with Crippen LogP contribution in [-0.2, 0) is 16.6 Å². The summed E-state index contributed by atoms with van der Waals surface area (Å²) in [6.07, 6.45) is 2.41. The van der Waals surface area contributed by atoms with Crippen molar-refractivity contribution in [2.45, 2.75) is 30.3 Å². The highest BCUT2D eigenvalue weighted by molar-refractivity contribution is 7.93. The van der Waals surface area contributed by atoms with Gasteiger partial charge in [-0.2, -0.15) is 0 Å². The first-order valence-corrected chi connectivity index (χ1v) is 8.61. The average molecular weight is 310 g/mol. The van der Waals surface area contributed by atoms with Crippen molar-refractivity contribution >= 4 is 26.5 Å². The third-order valence-corrected chi connectivity index (χ3v) is 5.04. The Labute approximate surface area is 121 Å². The van der Waals surface area contributed by atoms with Gasteiger partial charge in [0.25, 0.3) is 10.0 Å². The van der Waals surface area contributed by atoms with E-state index in [9.17, 15) is 8.42 Å². The lowest BCUT2D eigenvalue weighted by molar-refractivity contribution is 0.600. The molecule has 0 amide bonds.